The number of sulfonamides is 1. The van der Waals surface area contributed by atoms with Crippen molar-refractivity contribution in [3.8, 4) is 5.75 Å². The van der Waals surface area contributed by atoms with Gasteiger partial charge in [-0.05, 0) is 62.2 Å². The SMILES string of the molecule is CCN=C(c1ccc(S(=O)(=O)Nc2ccncn2)cc1C)c1cc(O)ccc1C. The Hall–Kier alpha value is -3.26. The first-order valence-electron chi connectivity index (χ1n) is 9.06. The summed E-state index contributed by atoms with van der Waals surface area (Å²) in [6, 6.07) is 11.5. The molecule has 0 saturated carbocycles. The molecule has 0 aliphatic rings. The van der Waals surface area contributed by atoms with Gasteiger partial charge in [0.25, 0.3) is 10.0 Å². The minimum absolute atomic E-state index is 0.126. The van der Waals surface area contributed by atoms with Crippen molar-refractivity contribution in [1.29, 1.82) is 0 Å². The normalized spacial score (nSPS) is 12.0. The number of phenolic OH excluding ortho intramolecular Hbond substituents is 1. The maximum Gasteiger partial charge on any atom is 0.263 e. The molecule has 0 saturated heterocycles. The Kier molecular flexibility index (Phi) is 5.93. The first kappa shape index (κ1) is 20.5. The van der Waals surface area contributed by atoms with E-state index < -0.39 is 10.0 Å². The summed E-state index contributed by atoms with van der Waals surface area (Å²) in [5, 5.41) is 9.91. The summed E-state index contributed by atoms with van der Waals surface area (Å²) >= 11 is 0. The predicted molar refractivity (Wildman–Crippen MR) is 113 cm³/mol. The third kappa shape index (κ3) is 4.60. The van der Waals surface area contributed by atoms with E-state index >= 15 is 0 Å². The second-order valence-corrected chi connectivity index (χ2v) is 8.18. The molecule has 0 amide bonds. The van der Waals surface area contributed by atoms with E-state index in [4.69, 9.17) is 0 Å². The van der Waals surface area contributed by atoms with Crippen LogP contribution in [0.25, 0.3) is 0 Å². The largest absolute Gasteiger partial charge is 0.508 e. The molecule has 0 radical (unpaired) electrons. The number of phenols is 1. The molecule has 7 nitrogen and oxygen atoms in total. The van der Waals surface area contributed by atoms with Crippen LogP contribution in [0.1, 0.15) is 29.2 Å². The summed E-state index contributed by atoms with van der Waals surface area (Å²) in [5.74, 6) is 0.352. The third-order valence-electron chi connectivity index (χ3n) is 4.38. The van der Waals surface area contributed by atoms with Crippen molar-refractivity contribution in [3.63, 3.8) is 0 Å². The fourth-order valence-electron chi connectivity index (χ4n) is 2.96. The molecule has 150 valence electrons. The van der Waals surface area contributed by atoms with E-state index in [1.54, 1.807) is 24.3 Å². The molecule has 29 heavy (non-hydrogen) atoms. The highest BCUT2D eigenvalue weighted by Crippen LogP contribution is 2.24. The number of hydrogen-bond donors (Lipinski definition) is 2. The monoisotopic (exact) mass is 410 g/mol. The molecular weight excluding hydrogens is 388 g/mol. The van der Waals surface area contributed by atoms with Gasteiger partial charge >= 0.3 is 0 Å². The Labute approximate surface area is 170 Å². The maximum absolute atomic E-state index is 12.7. The van der Waals surface area contributed by atoms with Gasteiger partial charge in [0, 0.05) is 23.9 Å². The summed E-state index contributed by atoms with van der Waals surface area (Å²) in [5.41, 5.74) is 4.05. The number of rotatable bonds is 6. The average molecular weight is 410 g/mol. The van der Waals surface area contributed by atoms with Crippen LogP contribution in [0.15, 0.2) is 64.9 Å². The predicted octanol–water partition coefficient (Wildman–Crippen LogP) is 3.46. The second-order valence-electron chi connectivity index (χ2n) is 6.50. The Morgan fingerprint density at radius 3 is 2.52 bits per heavy atom. The maximum atomic E-state index is 12.7. The Morgan fingerprint density at radius 2 is 1.86 bits per heavy atom. The minimum Gasteiger partial charge on any atom is -0.508 e. The highest BCUT2D eigenvalue weighted by atomic mass is 32.2. The first-order chi connectivity index (χ1) is 13.8. The molecule has 0 aliphatic carbocycles. The van der Waals surface area contributed by atoms with Gasteiger partial charge in [0.15, 0.2) is 0 Å². The van der Waals surface area contributed by atoms with Crippen LogP contribution < -0.4 is 4.72 Å². The van der Waals surface area contributed by atoms with Crippen LogP contribution in [-0.4, -0.2) is 35.7 Å². The standard InChI is InChI=1S/C21H22N4O3S/c1-4-23-21(19-12-16(26)6-5-14(19)2)18-8-7-17(11-15(18)3)29(27,28)25-20-9-10-22-13-24-20/h5-13,26H,4H2,1-3H3,(H,22,24,25). The molecule has 3 rings (SSSR count). The number of aliphatic imine (C=N–C) groups is 1. The van der Waals surface area contributed by atoms with E-state index in [0.717, 1.165) is 22.3 Å². The van der Waals surface area contributed by atoms with Gasteiger partial charge in [0.2, 0.25) is 0 Å². The van der Waals surface area contributed by atoms with Crippen LogP contribution in [-0.2, 0) is 10.0 Å². The van der Waals surface area contributed by atoms with Crippen molar-refractivity contribution in [1.82, 2.24) is 9.97 Å². The van der Waals surface area contributed by atoms with Gasteiger partial charge in [0.1, 0.15) is 17.9 Å². The molecule has 3 aromatic rings. The lowest BCUT2D eigenvalue weighted by Gasteiger charge is -2.15. The first-order valence-corrected chi connectivity index (χ1v) is 10.5. The van der Waals surface area contributed by atoms with E-state index in [1.807, 2.05) is 26.8 Å². The van der Waals surface area contributed by atoms with Crippen LogP contribution in [0.3, 0.4) is 0 Å². The molecule has 1 heterocycles. The number of aromatic hydroxyl groups is 1. The number of hydrogen-bond acceptors (Lipinski definition) is 6. The minimum atomic E-state index is -3.79. The number of benzene rings is 2. The number of nitrogens with one attached hydrogen (secondary N) is 1. The van der Waals surface area contributed by atoms with E-state index in [-0.39, 0.29) is 16.5 Å². The zero-order valence-electron chi connectivity index (χ0n) is 16.4. The molecule has 2 N–H and O–H groups in total. The zero-order valence-corrected chi connectivity index (χ0v) is 17.2. The highest BCUT2D eigenvalue weighted by Gasteiger charge is 2.19. The van der Waals surface area contributed by atoms with E-state index in [0.29, 0.717) is 12.3 Å². The Bertz CT molecular complexity index is 1160. The summed E-state index contributed by atoms with van der Waals surface area (Å²) in [6.45, 7) is 6.26. The van der Waals surface area contributed by atoms with Crippen LogP contribution in [0.5, 0.6) is 5.75 Å². The van der Waals surface area contributed by atoms with Gasteiger partial charge < -0.3 is 5.11 Å². The second kappa shape index (κ2) is 8.40. The lowest BCUT2D eigenvalue weighted by atomic mass is 9.95. The van der Waals surface area contributed by atoms with E-state index in [2.05, 4.69) is 19.7 Å². The van der Waals surface area contributed by atoms with Crippen LogP contribution in [0.4, 0.5) is 5.82 Å². The summed E-state index contributed by atoms with van der Waals surface area (Å²) < 4.78 is 27.8. The Morgan fingerprint density at radius 1 is 1.07 bits per heavy atom. The molecule has 0 atom stereocenters. The fourth-order valence-corrected chi connectivity index (χ4v) is 4.05. The third-order valence-corrected chi connectivity index (χ3v) is 5.73. The van der Waals surface area contributed by atoms with Crippen molar-refractivity contribution in [2.45, 2.75) is 25.7 Å². The van der Waals surface area contributed by atoms with Gasteiger partial charge in [-0.15, -0.1) is 0 Å². The van der Waals surface area contributed by atoms with Crippen LogP contribution >= 0.6 is 0 Å². The summed E-state index contributed by atoms with van der Waals surface area (Å²) in [7, 11) is -3.79. The number of nitrogens with zero attached hydrogens (tertiary/aromatic N) is 3. The molecule has 0 bridgehead atoms. The molecule has 0 spiro atoms. The molecule has 2 aromatic carbocycles. The zero-order chi connectivity index (χ0) is 21.0. The fraction of sp³-hybridized carbons (Fsp3) is 0.190. The summed E-state index contributed by atoms with van der Waals surface area (Å²) in [6.07, 6.45) is 2.74. The molecule has 0 unspecified atom stereocenters. The lowest BCUT2D eigenvalue weighted by Crippen LogP contribution is -2.15. The number of aryl methyl sites for hydroxylation is 2. The van der Waals surface area contributed by atoms with Gasteiger partial charge in [-0.1, -0.05) is 12.1 Å². The molecular formula is C21H22N4O3S. The van der Waals surface area contributed by atoms with Crippen molar-refractivity contribution in [2.24, 2.45) is 4.99 Å². The Balaban J connectivity index is 2.02. The number of anilines is 1. The van der Waals surface area contributed by atoms with Crippen LogP contribution in [0.2, 0.25) is 0 Å². The molecule has 0 fully saturated rings. The van der Waals surface area contributed by atoms with Crippen LogP contribution in [0, 0.1) is 13.8 Å². The van der Waals surface area contributed by atoms with E-state index in [9.17, 15) is 13.5 Å². The van der Waals surface area contributed by atoms with Crippen molar-refractivity contribution in [3.05, 3.63) is 77.2 Å². The topological polar surface area (TPSA) is 105 Å². The summed E-state index contributed by atoms with van der Waals surface area (Å²) in [4.78, 5) is 12.4. The van der Waals surface area contributed by atoms with E-state index in [1.165, 1.54) is 24.7 Å². The van der Waals surface area contributed by atoms with Gasteiger partial charge in [-0.3, -0.25) is 9.71 Å². The molecule has 1 aromatic heterocycles. The number of aromatic nitrogens is 2. The quantitative estimate of drug-likeness (QED) is 0.606. The molecule has 8 heteroatoms. The average Bonchev–Trinajstić information content (AvgIpc) is 2.69. The van der Waals surface area contributed by atoms with Gasteiger partial charge in [-0.25, -0.2) is 18.4 Å². The van der Waals surface area contributed by atoms with Gasteiger partial charge in [-0.2, -0.15) is 0 Å². The van der Waals surface area contributed by atoms with Gasteiger partial charge in [0.05, 0.1) is 10.6 Å². The lowest BCUT2D eigenvalue weighted by molar-refractivity contribution is 0.475. The smallest absolute Gasteiger partial charge is 0.263 e. The van der Waals surface area contributed by atoms with Crippen molar-refractivity contribution >= 4 is 21.6 Å². The highest BCUT2D eigenvalue weighted by molar-refractivity contribution is 7.92. The molecule has 0 aliphatic heterocycles. The van der Waals surface area contributed by atoms with Crippen molar-refractivity contribution < 1.29 is 13.5 Å². The van der Waals surface area contributed by atoms with Crippen molar-refractivity contribution in [2.75, 3.05) is 11.3 Å².